The molecule has 1 N–H and O–H groups in total. The molecule has 102 valence electrons. The van der Waals surface area contributed by atoms with Gasteiger partial charge in [-0.25, -0.2) is 0 Å². The zero-order valence-corrected chi connectivity index (χ0v) is 11.5. The lowest BCUT2D eigenvalue weighted by Gasteiger charge is -2.33. The fourth-order valence-electron chi connectivity index (χ4n) is 2.07. The predicted octanol–water partition coefficient (Wildman–Crippen LogP) is 1.17. The third kappa shape index (κ3) is 2.59. The number of nitrogens with zero attached hydrogens (tertiary/aromatic N) is 2. The standard InChI is InChI=1S/C12H20N2O4/c1-6-18-9(16)7-8(15)10-11(2,3)14(17)12(4,5)13-10/h17H,6-7H2,1-5H3. The van der Waals surface area contributed by atoms with E-state index in [0.29, 0.717) is 0 Å². The van der Waals surface area contributed by atoms with Crippen LogP contribution in [-0.2, 0) is 14.3 Å². The molecule has 0 aliphatic carbocycles. The summed E-state index contributed by atoms with van der Waals surface area (Å²) in [5, 5.41) is 11.0. The topological polar surface area (TPSA) is 79.2 Å². The minimum Gasteiger partial charge on any atom is -0.466 e. The molecule has 0 saturated heterocycles. The Balaban J connectivity index is 2.89. The number of rotatable bonds is 4. The van der Waals surface area contributed by atoms with Gasteiger partial charge in [0.15, 0.2) is 5.78 Å². The minimum atomic E-state index is -0.910. The molecule has 0 amide bonds. The number of hydroxylamine groups is 2. The molecule has 0 unspecified atom stereocenters. The first-order chi connectivity index (χ1) is 8.13. The number of ether oxygens (including phenoxy) is 1. The molecule has 0 aromatic rings. The van der Waals surface area contributed by atoms with E-state index in [1.165, 1.54) is 0 Å². The molecule has 0 saturated carbocycles. The minimum absolute atomic E-state index is 0.197. The lowest BCUT2D eigenvalue weighted by Crippen LogP contribution is -2.51. The van der Waals surface area contributed by atoms with E-state index in [2.05, 4.69) is 4.99 Å². The fraction of sp³-hybridized carbons (Fsp3) is 0.750. The first-order valence-electron chi connectivity index (χ1n) is 5.91. The van der Waals surface area contributed by atoms with Crippen LogP contribution in [0.2, 0.25) is 0 Å². The maximum atomic E-state index is 12.0. The number of ketones is 1. The molecule has 0 radical (unpaired) electrons. The maximum Gasteiger partial charge on any atom is 0.313 e. The van der Waals surface area contributed by atoms with Crippen molar-refractivity contribution in [1.29, 1.82) is 0 Å². The average Bonchev–Trinajstić information content (AvgIpc) is 2.39. The Morgan fingerprint density at radius 1 is 1.33 bits per heavy atom. The van der Waals surface area contributed by atoms with E-state index in [1.54, 1.807) is 34.6 Å². The Morgan fingerprint density at radius 3 is 2.28 bits per heavy atom. The van der Waals surface area contributed by atoms with Crippen molar-refractivity contribution >= 4 is 17.5 Å². The second-order valence-corrected chi connectivity index (χ2v) is 5.23. The number of hydrogen-bond acceptors (Lipinski definition) is 6. The third-order valence-electron chi connectivity index (χ3n) is 2.89. The second kappa shape index (κ2) is 4.78. The molecule has 0 fully saturated rings. The second-order valence-electron chi connectivity index (χ2n) is 5.23. The molecule has 1 aliphatic rings. The number of hydrogen-bond donors (Lipinski definition) is 1. The van der Waals surface area contributed by atoms with Crippen LogP contribution in [0.25, 0.3) is 0 Å². The number of Topliss-reactive ketones (excluding diaryl/α,β-unsaturated/α-hetero) is 1. The van der Waals surface area contributed by atoms with E-state index in [-0.39, 0.29) is 18.7 Å². The Labute approximate surface area is 107 Å². The Kier molecular flexibility index (Phi) is 3.92. The Bertz CT molecular complexity index is 399. The summed E-state index contributed by atoms with van der Waals surface area (Å²) >= 11 is 0. The summed E-state index contributed by atoms with van der Waals surface area (Å²) in [5.41, 5.74) is -1.58. The molecule has 0 aromatic heterocycles. The first kappa shape index (κ1) is 14.8. The third-order valence-corrected chi connectivity index (χ3v) is 2.89. The summed E-state index contributed by atoms with van der Waals surface area (Å²) in [5.74, 6) is -0.988. The monoisotopic (exact) mass is 256 g/mol. The van der Waals surface area contributed by atoms with Crippen LogP contribution in [0, 0.1) is 0 Å². The zero-order chi connectivity index (χ0) is 14.1. The van der Waals surface area contributed by atoms with Crippen LogP contribution in [-0.4, -0.2) is 45.5 Å². The van der Waals surface area contributed by atoms with Gasteiger partial charge < -0.3 is 9.94 Å². The van der Waals surface area contributed by atoms with Crippen molar-refractivity contribution in [2.45, 2.75) is 52.2 Å². The molecule has 6 nitrogen and oxygen atoms in total. The molecule has 1 aliphatic heterocycles. The van der Waals surface area contributed by atoms with Crippen LogP contribution >= 0.6 is 0 Å². The number of esters is 1. The molecular formula is C12H20N2O4. The highest BCUT2D eigenvalue weighted by Gasteiger charge is 2.49. The highest BCUT2D eigenvalue weighted by atomic mass is 16.5. The van der Waals surface area contributed by atoms with Crippen LogP contribution < -0.4 is 0 Å². The van der Waals surface area contributed by atoms with Gasteiger partial charge in [-0.3, -0.25) is 14.6 Å². The maximum absolute atomic E-state index is 12.0. The van der Waals surface area contributed by atoms with Crippen LogP contribution in [0.4, 0.5) is 0 Å². The van der Waals surface area contributed by atoms with Crippen molar-refractivity contribution in [2.24, 2.45) is 4.99 Å². The lowest BCUT2D eigenvalue weighted by atomic mass is 9.94. The number of aliphatic imine (C=N–C) groups is 1. The quantitative estimate of drug-likeness (QED) is 0.603. The average molecular weight is 256 g/mol. The largest absolute Gasteiger partial charge is 0.466 e. The molecular weight excluding hydrogens is 236 g/mol. The Hall–Kier alpha value is -1.27. The van der Waals surface area contributed by atoms with Crippen LogP contribution in [0.15, 0.2) is 4.99 Å². The molecule has 1 heterocycles. The van der Waals surface area contributed by atoms with Gasteiger partial charge in [-0.05, 0) is 34.6 Å². The summed E-state index contributed by atoms with van der Waals surface area (Å²) < 4.78 is 4.73. The zero-order valence-electron chi connectivity index (χ0n) is 11.5. The van der Waals surface area contributed by atoms with Crippen molar-refractivity contribution in [3.8, 4) is 0 Å². The predicted molar refractivity (Wildman–Crippen MR) is 65.5 cm³/mol. The van der Waals surface area contributed by atoms with Gasteiger partial charge in [-0.15, -0.1) is 0 Å². The van der Waals surface area contributed by atoms with E-state index < -0.39 is 23.0 Å². The van der Waals surface area contributed by atoms with E-state index in [0.717, 1.165) is 5.06 Å². The van der Waals surface area contributed by atoms with Crippen molar-refractivity contribution in [2.75, 3.05) is 6.61 Å². The molecule has 0 atom stereocenters. The summed E-state index contributed by atoms with van der Waals surface area (Å²) in [7, 11) is 0. The molecule has 6 heteroatoms. The molecule has 0 spiro atoms. The van der Waals surface area contributed by atoms with Gasteiger partial charge in [0.2, 0.25) is 0 Å². The van der Waals surface area contributed by atoms with E-state index in [4.69, 9.17) is 4.74 Å². The van der Waals surface area contributed by atoms with Gasteiger partial charge in [0.1, 0.15) is 17.8 Å². The smallest absolute Gasteiger partial charge is 0.313 e. The summed E-state index contributed by atoms with van der Waals surface area (Å²) in [4.78, 5) is 27.5. The van der Waals surface area contributed by atoms with Crippen molar-refractivity contribution in [3.63, 3.8) is 0 Å². The lowest BCUT2D eigenvalue weighted by molar-refractivity contribution is -0.188. The van der Waals surface area contributed by atoms with E-state index >= 15 is 0 Å². The van der Waals surface area contributed by atoms with Crippen molar-refractivity contribution in [3.05, 3.63) is 0 Å². The van der Waals surface area contributed by atoms with Crippen molar-refractivity contribution in [1.82, 2.24) is 5.06 Å². The van der Waals surface area contributed by atoms with E-state index in [9.17, 15) is 14.8 Å². The summed E-state index contributed by atoms with van der Waals surface area (Å²) in [6.45, 7) is 8.67. The van der Waals surface area contributed by atoms with Crippen molar-refractivity contribution < 1.29 is 19.5 Å². The molecule has 0 aromatic carbocycles. The molecule has 1 rings (SSSR count). The number of carbonyl (C=O) groups is 2. The van der Waals surface area contributed by atoms with E-state index in [1.807, 2.05) is 0 Å². The SMILES string of the molecule is CCOC(=O)CC(=O)C1=NC(C)(C)N(O)C1(C)C. The summed E-state index contributed by atoms with van der Waals surface area (Å²) in [6, 6.07) is 0. The first-order valence-corrected chi connectivity index (χ1v) is 5.91. The van der Waals surface area contributed by atoms with Gasteiger partial charge in [0.05, 0.1) is 12.1 Å². The van der Waals surface area contributed by atoms with Gasteiger partial charge in [-0.2, -0.15) is 5.06 Å². The highest BCUT2D eigenvalue weighted by molar-refractivity contribution is 6.45. The van der Waals surface area contributed by atoms with Gasteiger partial charge in [0.25, 0.3) is 0 Å². The molecule has 18 heavy (non-hydrogen) atoms. The van der Waals surface area contributed by atoms with Crippen LogP contribution in [0.3, 0.4) is 0 Å². The summed E-state index contributed by atoms with van der Waals surface area (Å²) in [6.07, 6.45) is -0.347. The fourth-order valence-corrected chi connectivity index (χ4v) is 2.07. The molecule has 0 bridgehead atoms. The highest BCUT2D eigenvalue weighted by Crippen LogP contribution is 2.33. The normalized spacial score (nSPS) is 21.6. The van der Waals surface area contributed by atoms with Crippen LogP contribution in [0.5, 0.6) is 0 Å². The van der Waals surface area contributed by atoms with Gasteiger partial charge >= 0.3 is 5.97 Å². The number of carbonyl (C=O) groups excluding carboxylic acids is 2. The van der Waals surface area contributed by atoms with Gasteiger partial charge in [-0.1, -0.05) is 0 Å². The van der Waals surface area contributed by atoms with Crippen LogP contribution in [0.1, 0.15) is 41.0 Å². The Morgan fingerprint density at radius 2 is 1.89 bits per heavy atom. The van der Waals surface area contributed by atoms with Gasteiger partial charge in [0, 0.05) is 0 Å².